The van der Waals surface area contributed by atoms with Crippen molar-refractivity contribution in [3.8, 4) is 16.9 Å². The number of aromatic nitrogens is 2. The molecule has 0 saturated carbocycles. The Bertz CT molecular complexity index is 1240. The molecule has 36 heavy (non-hydrogen) atoms. The Labute approximate surface area is 211 Å². The van der Waals surface area contributed by atoms with Crippen LogP contribution in [0.5, 0.6) is 5.75 Å². The maximum atomic E-state index is 12.9. The molecular weight excluding hydrogens is 495 g/mol. The summed E-state index contributed by atoms with van der Waals surface area (Å²) in [6.45, 7) is 5.20. The highest BCUT2D eigenvalue weighted by Gasteiger charge is 2.31. The molecule has 2 atom stereocenters. The van der Waals surface area contributed by atoms with Crippen LogP contribution in [0.25, 0.3) is 11.1 Å². The molecule has 3 aromatic rings. The number of nitrogens with zero attached hydrogens (tertiary/aromatic N) is 3. The number of nitrogens with two attached hydrogens (primary N) is 1. The summed E-state index contributed by atoms with van der Waals surface area (Å²) in [7, 11) is 0. The van der Waals surface area contributed by atoms with Crippen LogP contribution in [0.2, 0.25) is 5.02 Å². The van der Waals surface area contributed by atoms with Crippen molar-refractivity contribution in [2.45, 2.75) is 38.7 Å². The first-order valence-corrected chi connectivity index (χ1v) is 11.6. The number of benzene rings is 1. The number of hydrogen-bond donors (Lipinski definition) is 2. The van der Waals surface area contributed by atoms with Gasteiger partial charge < -0.3 is 20.7 Å². The number of hydrogen-bond acceptors (Lipinski definition) is 6. The standard InChI is InChI=1S/C25H25ClF3N5O2/c1-14-11-34(12-15(2)33-14)24(35)17-5-3-16(4-6-17)18-7-22(23(30)32-9-18)36-13-21-20(26)8-19(10-31-21)25(27,28)29/h3-10,14-15,33H,11-13H2,1-2H3,(H2,30,32). The summed E-state index contributed by atoms with van der Waals surface area (Å²) in [6, 6.07) is 10.1. The van der Waals surface area contributed by atoms with Crippen LogP contribution in [0.3, 0.4) is 0 Å². The van der Waals surface area contributed by atoms with E-state index in [0.29, 0.717) is 30.4 Å². The summed E-state index contributed by atoms with van der Waals surface area (Å²) >= 11 is 5.96. The molecule has 4 rings (SSSR count). The van der Waals surface area contributed by atoms with Gasteiger partial charge in [-0.05, 0) is 43.7 Å². The average molecular weight is 520 g/mol. The third-order valence-electron chi connectivity index (χ3n) is 5.80. The predicted molar refractivity (Wildman–Crippen MR) is 131 cm³/mol. The molecule has 1 saturated heterocycles. The van der Waals surface area contributed by atoms with Crippen LogP contribution < -0.4 is 15.8 Å². The van der Waals surface area contributed by atoms with Gasteiger partial charge in [-0.2, -0.15) is 13.2 Å². The van der Waals surface area contributed by atoms with Crippen molar-refractivity contribution in [1.82, 2.24) is 20.2 Å². The lowest BCUT2D eigenvalue weighted by atomic mass is 10.0. The fourth-order valence-corrected chi connectivity index (χ4v) is 4.30. The molecule has 1 fully saturated rings. The normalized spacial score (nSPS) is 18.2. The lowest BCUT2D eigenvalue weighted by molar-refractivity contribution is -0.137. The number of nitrogens with one attached hydrogen (secondary N) is 1. The van der Waals surface area contributed by atoms with E-state index in [4.69, 9.17) is 22.1 Å². The van der Waals surface area contributed by atoms with Crippen molar-refractivity contribution in [1.29, 1.82) is 0 Å². The molecule has 3 heterocycles. The number of piperazine rings is 1. The van der Waals surface area contributed by atoms with E-state index in [1.807, 2.05) is 30.9 Å². The Morgan fingerprint density at radius 1 is 1.11 bits per heavy atom. The fraction of sp³-hybridized carbons (Fsp3) is 0.320. The second-order valence-electron chi connectivity index (χ2n) is 8.80. The first-order chi connectivity index (χ1) is 17.0. The van der Waals surface area contributed by atoms with Crippen molar-refractivity contribution < 1.29 is 22.7 Å². The van der Waals surface area contributed by atoms with Crippen LogP contribution >= 0.6 is 11.6 Å². The summed E-state index contributed by atoms with van der Waals surface area (Å²) < 4.78 is 44.1. The summed E-state index contributed by atoms with van der Waals surface area (Å²) in [5.74, 6) is 0.312. The zero-order valence-corrected chi connectivity index (χ0v) is 20.4. The molecular formula is C25H25ClF3N5O2. The molecule has 3 N–H and O–H groups in total. The van der Waals surface area contributed by atoms with Gasteiger partial charge in [0.2, 0.25) is 0 Å². The summed E-state index contributed by atoms with van der Waals surface area (Å²) in [5, 5.41) is 3.24. The van der Waals surface area contributed by atoms with E-state index in [1.54, 1.807) is 24.4 Å². The molecule has 11 heteroatoms. The first kappa shape index (κ1) is 25.7. The average Bonchev–Trinajstić information content (AvgIpc) is 2.82. The van der Waals surface area contributed by atoms with Gasteiger partial charge in [0.05, 0.1) is 16.3 Å². The number of nitrogen functional groups attached to an aromatic ring is 1. The van der Waals surface area contributed by atoms with Crippen molar-refractivity contribution >= 4 is 23.3 Å². The molecule has 0 bridgehead atoms. The fourth-order valence-electron chi connectivity index (χ4n) is 4.08. The van der Waals surface area contributed by atoms with Crippen LogP contribution in [-0.2, 0) is 12.8 Å². The van der Waals surface area contributed by atoms with Crippen molar-refractivity contribution in [2.75, 3.05) is 18.8 Å². The van der Waals surface area contributed by atoms with Crippen molar-refractivity contribution in [2.24, 2.45) is 0 Å². The number of alkyl halides is 3. The van der Waals surface area contributed by atoms with Gasteiger partial charge in [0, 0.05) is 48.7 Å². The Hall–Kier alpha value is -3.37. The highest BCUT2D eigenvalue weighted by molar-refractivity contribution is 6.31. The largest absolute Gasteiger partial charge is 0.483 e. The van der Waals surface area contributed by atoms with Gasteiger partial charge in [-0.3, -0.25) is 9.78 Å². The van der Waals surface area contributed by atoms with Crippen LogP contribution in [0.15, 0.2) is 48.8 Å². The Balaban J connectivity index is 1.47. The Kier molecular flexibility index (Phi) is 7.37. The van der Waals surface area contributed by atoms with Crippen LogP contribution in [0.4, 0.5) is 19.0 Å². The molecule has 7 nitrogen and oxygen atoms in total. The van der Waals surface area contributed by atoms with Gasteiger partial charge in [0.15, 0.2) is 11.6 Å². The molecule has 2 unspecified atom stereocenters. The second kappa shape index (κ2) is 10.3. The third-order valence-corrected chi connectivity index (χ3v) is 6.13. The van der Waals surface area contributed by atoms with Gasteiger partial charge in [0.1, 0.15) is 6.61 Å². The van der Waals surface area contributed by atoms with E-state index in [2.05, 4.69) is 15.3 Å². The smallest absolute Gasteiger partial charge is 0.417 e. The van der Waals surface area contributed by atoms with Gasteiger partial charge in [-0.25, -0.2) is 4.98 Å². The molecule has 2 aromatic heterocycles. The van der Waals surface area contributed by atoms with Gasteiger partial charge in [-0.1, -0.05) is 23.7 Å². The lowest BCUT2D eigenvalue weighted by Crippen LogP contribution is -2.55. The predicted octanol–water partition coefficient (Wildman–Crippen LogP) is 4.80. The number of carbonyl (C=O) groups excluding carboxylic acids is 1. The topological polar surface area (TPSA) is 93.4 Å². The molecule has 1 aromatic carbocycles. The number of pyridine rings is 2. The summed E-state index contributed by atoms with van der Waals surface area (Å²) in [5.41, 5.74) is 7.18. The zero-order chi connectivity index (χ0) is 26.0. The zero-order valence-electron chi connectivity index (χ0n) is 19.6. The molecule has 1 amide bonds. The Morgan fingerprint density at radius 2 is 1.78 bits per heavy atom. The van der Waals surface area contributed by atoms with Gasteiger partial charge in [-0.15, -0.1) is 0 Å². The van der Waals surface area contributed by atoms with Crippen molar-refractivity contribution in [3.05, 3.63) is 70.6 Å². The Morgan fingerprint density at radius 3 is 2.39 bits per heavy atom. The quantitative estimate of drug-likeness (QED) is 0.503. The minimum atomic E-state index is -4.54. The maximum absolute atomic E-state index is 12.9. The highest BCUT2D eigenvalue weighted by Crippen LogP contribution is 2.32. The molecule has 190 valence electrons. The number of ether oxygens (including phenoxy) is 1. The SMILES string of the molecule is CC1CN(C(=O)c2ccc(-c3cnc(N)c(OCc4ncc(C(F)(F)F)cc4Cl)c3)cc2)CC(C)N1. The monoisotopic (exact) mass is 519 g/mol. The highest BCUT2D eigenvalue weighted by atomic mass is 35.5. The molecule has 0 aliphatic carbocycles. The number of halogens is 4. The van der Waals surface area contributed by atoms with E-state index in [-0.39, 0.29) is 46.9 Å². The number of rotatable bonds is 5. The molecule has 0 radical (unpaired) electrons. The van der Waals surface area contributed by atoms with Crippen LogP contribution in [0.1, 0.15) is 35.5 Å². The van der Waals surface area contributed by atoms with E-state index < -0.39 is 11.7 Å². The lowest BCUT2D eigenvalue weighted by Gasteiger charge is -2.36. The van der Waals surface area contributed by atoms with Crippen LogP contribution in [-0.4, -0.2) is 45.9 Å². The minimum absolute atomic E-state index is 0.0258. The van der Waals surface area contributed by atoms with Crippen LogP contribution in [0, 0.1) is 0 Å². The van der Waals surface area contributed by atoms with Gasteiger partial charge >= 0.3 is 6.18 Å². The summed E-state index contributed by atoms with van der Waals surface area (Å²) in [6.07, 6.45) is -2.27. The minimum Gasteiger partial charge on any atom is -0.483 e. The number of anilines is 1. The van der Waals surface area contributed by atoms with E-state index in [1.165, 1.54) is 0 Å². The van der Waals surface area contributed by atoms with Crippen molar-refractivity contribution in [3.63, 3.8) is 0 Å². The second-order valence-corrected chi connectivity index (χ2v) is 9.21. The van der Waals surface area contributed by atoms with Gasteiger partial charge in [0.25, 0.3) is 5.91 Å². The first-order valence-electron chi connectivity index (χ1n) is 11.3. The molecule has 0 spiro atoms. The van der Waals surface area contributed by atoms with E-state index >= 15 is 0 Å². The molecule has 1 aliphatic rings. The molecule has 1 aliphatic heterocycles. The number of carbonyl (C=O) groups is 1. The third kappa shape index (κ3) is 5.88. The summed E-state index contributed by atoms with van der Waals surface area (Å²) in [4.78, 5) is 22.7. The van der Waals surface area contributed by atoms with E-state index in [9.17, 15) is 18.0 Å². The van der Waals surface area contributed by atoms with E-state index in [0.717, 1.165) is 11.6 Å². The number of amides is 1. The maximum Gasteiger partial charge on any atom is 0.417 e.